The maximum atomic E-state index is 12.1. The fourth-order valence-corrected chi connectivity index (χ4v) is 4.21. The number of nitrogens with zero attached hydrogens (tertiary/aromatic N) is 5. The lowest BCUT2D eigenvalue weighted by atomic mass is 10.2. The summed E-state index contributed by atoms with van der Waals surface area (Å²) in [5.74, 6) is 0.738. The van der Waals surface area contributed by atoms with Crippen molar-refractivity contribution < 1.29 is 13.2 Å². The van der Waals surface area contributed by atoms with E-state index >= 15 is 0 Å². The molecule has 1 N–H and O–H groups in total. The number of benzene rings is 1. The fourth-order valence-electron chi connectivity index (χ4n) is 2.39. The summed E-state index contributed by atoms with van der Waals surface area (Å²) in [5.41, 5.74) is 0.519. The molecular formula is C15H18N6O3S2. The van der Waals surface area contributed by atoms with Crippen LogP contribution in [-0.4, -0.2) is 49.4 Å². The highest BCUT2D eigenvalue weighted by atomic mass is 32.2. The Morgan fingerprint density at radius 3 is 2.58 bits per heavy atom. The summed E-state index contributed by atoms with van der Waals surface area (Å²) in [6.07, 6.45) is 0. The van der Waals surface area contributed by atoms with Crippen molar-refractivity contribution in [3.05, 3.63) is 29.8 Å². The van der Waals surface area contributed by atoms with E-state index in [1.807, 2.05) is 18.7 Å². The first-order valence-electron chi connectivity index (χ1n) is 7.90. The third-order valence-corrected chi connectivity index (χ3v) is 5.68. The van der Waals surface area contributed by atoms with Crippen molar-refractivity contribution in [3.8, 4) is 6.01 Å². The molecule has 3 rings (SSSR count). The molecule has 0 fully saturated rings. The van der Waals surface area contributed by atoms with Crippen LogP contribution in [-0.2, 0) is 10.0 Å². The van der Waals surface area contributed by atoms with Gasteiger partial charge in [0.2, 0.25) is 11.1 Å². The third-order valence-electron chi connectivity index (χ3n) is 3.68. The van der Waals surface area contributed by atoms with E-state index in [9.17, 15) is 8.42 Å². The first kappa shape index (κ1) is 18.4. The Bertz CT molecular complexity index is 944. The van der Waals surface area contributed by atoms with E-state index in [0.717, 1.165) is 25.0 Å². The van der Waals surface area contributed by atoms with Crippen LogP contribution in [0.2, 0.25) is 0 Å². The van der Waals surface area contributed by atoms with Gasteiger partial charge in [0.25, 0.3) is 10.0 Å². The Hall–Kier alpha value is -2.40. The summed E-state index contributed by atoms with van der Waals surface area (Å²) in [5, 5.41) is 0.350. The molecule has 1 aromatic heterocycles. The van der Waals surface area contributed by atoms with Crippen LogP contribution in [0, 0.1) is 0 Å². The van der Waals surface area contributed by atoms with Crippen molar-refractivity contribution in [2.24, 2.45) is 4.40 Å². The van der Waals surface area contributed by atoms with Gasteiger partial charge in [-0.1, -0.05) is 12.1 Å². The zero-order valence-electron chi connectivity index (χ0n) is 14.5. The highest BCUT2D eigenvalue weighted by molar-refractivity contribution is 7.98. The Balaban J connectivity index is 1.85. The molecule has 0 spiro atoms. The molecule has 0 saturated heterocycles. The third kappa shape index (κ3) is 3.58. The number of anilines is 1. The minimum absolute atomic E-state index is 0.181. The second-order valence-corrected chi connectivity index (χ2v) is 7.54. The monoisotopic (exact) mass is 394 g/mol. The number of sulfonamides is 1. The average molecular weight is 394 g/mol. The van der Waals surface area contributed by atoms with Gasteiger partial charge in [-0.15, -0.1) is 4.40 Å². The lowest BCUT2D eigenvalue weighted by Crippen LogP contribution is -2.25. The van der Waals surface area contributed by atoms with Crippen molar-refractivity contribution in [1.82, 2.24) is 19.7 Å². The molecule has 1 aromatic carbocycles. The molecule has 138 valence electrons. The van der Waals surface area contributed by atoms with Gasteiger partial charge < -0.3 is 14.4 Å². The molecule has 1 aliphatic rings. The molecule has 0 amide bonds. The lowest BCUT2D eigenvalue weighted by molar-refractivity contribution is 0.372. The van der Waals surface area contributed by atoms with Crippen molar-refractivity contribution in [3.63, 3.8) is 0 Å². The topological polar surface area (TPSA) is 110 Å². The van der Waals surface area contributed by atoms with E-state index < -0.39 is 10.0 Å². The molecule has 1 aliphatic heterocycles. The number of aromatic nitrogens is 3. The molecule has 0 saturated carbocycles. The first-order valence-corrected chi connectivity index (χ1v) is 10.2. The van der Waals surface area contributed by atoms with E-state index in [0.29, 0.717) is 16.7 Å². The molecule has 26 heavy (non-hydrogen) atoms. The summed E-state index contributed by atoms with van der Waals surface area (Å²) in [4.78, 5) is 15.0. The molecule has 0 atom stereocenters. The molecule has 9 nitrogen and oxygen atoms in total. The number of methoxy groups -OCH3 is 1. The minimum Gasteiger partial charge on any atom is -0.467 e. The van der Waals surface area contributed by atoms with Crippen LogP contribution in [0.4, 0.5) is 5.95 Å². The van der Waals surface area contributed by atoms with Gasteiger partial charge in [0.05, 0.1) is 7.11 Å². The fraction of sp³-hybridized carbons (Fsp3) is 0.333. The summed E-state index contributed by atoms with van der Waals surface area (Å²) in [6.45, 7) is 5.47. The minimum atomic E-state index is -3.68. The largest absolute Gasteiger partial charge is 0.467 e. The second-order valence-electron chi connectivity index (χ2n) is 5.19. The summed E-state index contributed by atoms with van der Waals surface area (Å²) in [6, 6.07) is 6.83. The molecular weight excluding hydrogens is 376 g/mol. The van der Waals surface area contributed by atoms with Gasteiger partial charge in [-0.25, -0.2) is 0 Å². The Morgan fingerprint density at radius 2 is 1.88 bits per heavy atom. The number of hydrogen-bond donors (Lipinski definition) is 1. The number of rotatable bonds is 6. The van der Waals surface area contributed by atoms with Gasteiger partial charge in [-0.2, -0.15) is 23.4 Å². The van der Waals surface area contributed by atoms with Gasteiger partial charge in [0.1, 0.15) is 4.90 Å². The standard InChI is InChI=1S/C15H18N6O3S2/c1-4-21(5-2)13-16-14(24-3)18-15(17-13)25-19-12-10-8-6-7-9-11(10)26(22,23)20-12/h6-9H,4-5H2,1-3H3,(H,19,20). The van der Waals surface area contributed by atoms with Crippen LogP contribution in [0.25, 0.3) is 0 Å². The SMILES string of the molecule is CCN(CC)c1nc(OC)nc(SNC2=NS(=O)(=O)c3ccccc32)n1. The maximum absolute atomic E-state index is 12.1. The van der Waals surface area contributed by atoms with Gasteiger partial charge in [-0.3, -0.25) is 0 Å². The summed E-state index contributed by atoms with van der Waals surface area (Å²) in [7, 11) is -2.20. The smallest absolute Gasteiger partial charge is 0.322 e. The highest BCUT2D eigenvalue weighted by Gasteiger charge is 2.28. The molecule has 11 heteroatoms. The summed E-state index contributed by atoms with van der Waals surface area (Å²) >= 11 is 1.05. The van der Waals surface area contributed by atoms with Crippen LogP contribution < -0.4 is 14.4 Å². The molecule has 0 radical (unpaired) electrons. The van der Waals surface area contributed by atoms with Crippen molar-refractivity contribution >= 4 is 33.8 Å². The van der Waals surface area contributed by atoms with Gasteiger partial charge in [-0.05, 0) is 26.0 Å². The van der Waals surface area contributed by atoms with Gasteiger partial charge in [0, 0.05) is 30.6 Å². The Morgan fingerprint density at radius 1 is 1.15 bits per heavy atom. The molecule has 0 bridgehead atoms. The van der Waals surface area contributed by atoms with Crippen LogP contribution >= 0.6 is 11.9 Å². The Labute approximate surface area is 156 Å². The van der Waals surface area contributed by atoms with Crippen LogP contribution in [0.1, 0.15) is 19.4 Å². The number of nitrogens with one attached hydrogen (secondary N) is 1. The van der Waals surface area contributed by atoms with Gasteiger partial charge in [0.15, 0.2) is 5.84 Å². The van der Waals surface area contributed by atoms with E-state index in [1.165, 1.54) is 13.2 Å². The first-order chi connectivity index (χ1) is 12.5. The van der Waals surface area contributed by atoms with Crippen molar-refractivity contribution in [2.45, 2.75) is 23.9 Å². The van der Waals surface area contributed by atoms with E-state index in [-0.39, 0.29) is 16.7 Å². The highest BCUT2D eigenvalue weighted by Crippen LogP contribution is 2.26. The zero-order chi connectivity index (χ0) is 18.7. The lowest BCUT2D eigenvalue weighted by Gasteiger charge is -2.18. The van der Waals surface area contributed by atoms with Crippen LogP contribution in [0.5, 0.6) is 6.01 Å². The molecule has 0 aliphatic carbocycles. The molecule has 2 aromatic rings. The summed E-state index contributed by atoms with van der Waals surface area (Å²) < 4.78 is 36.0. The van der Waals surface area contributed by atoms with Crippen LogP contribution in [0.3, 0.4) is 0 Å². The zero-order valence-corrected chi connectivity index (χ0v) is 16.1. The number of ether oxygens (including phenoxy) is 1. The van der Waals surface area contributed by atoms with Gasteiger partial charge >= 0.3 is 6.01 Å². The number of fused-ring (bicyclic) bond motifs is 1. The maximum Gasteiger partial charge on any atom is 0.322 e. The predicted molar refractivity (Wildman–Crippen MR) is 99.1 cm³/mol. The normalized spacial score (nSPS) is 14.5. The number of hydrogen-bond acceptors (Lipinski definition) is 9. The van der Waals surface area contributed by atoms with E-state index in [4.69, 9.17) is 4.74 Å². The van der Waals surface area contributed by atoms with Crippen molar-refractivity contribution in [1.29, 1.82) is 0 Å². The Kier molecular flexibility index (Phi) is 5.28. The molecule has 0 unspecified atom stereocenters. The average Bonchev–Trinajstić information content (AvgIpc) is 2.92. The van der Waals surface area contributed by atoms with E-state index in [2.05, 4.69) is 24.1 Å². The predicted octanol–water partition coefficient (Wildman–Crippen LogP) is 1.47. The second kappa shape index (κ2) is 7.46. The molecule has 2 heterocycles. The van der Waals surface area contributed by atoms with Crippen LogP contribution in [0.15, 0.2) is 38.7 Å². The quantitative estimate of drug-likeness (QED) is 0.728. The van der Waals surface area contributed by atoms with Crippen molar-refractivity contribution in [2.75, 3.05) is 25.1 Å². The number of amidine groups is 1. The van der Waals surface area contributed by atoms with E-state index in [1.54, 1.807) is 18.2 Å².